The van der Waals surface area contributed by atoms with Crippen LogP contribution in [0.2, 0.25) is 0 Å². The Kier molecular flexibility index (Phi) is 8.93. The lowest BCUT2D eigenvalue weighted by atomic mass is 9.94. The molecule has 7 heteroatoms. The number of hydrogen-bond donors (Lipinski definition) is 1. The Bertz CT molecular complexity index is 1070. The van der Waals surface area contributed by atoms with Crippen LogP contribution in [0.25, 0.3) is 5.76 Å². The smallest absolute Gasteiger partial charge is 0.295 e. The predicted octanol–water partition coefficient (Wildman–Crippen LogP) is 4.56. The van der Waals surface area contributed by atoms with Crippen LogP contribution in [0.15, 0.2) is 48.0 Å². The fourth-order valence-electron chi connectivity index (χ4n) is 4.39. The van der Waals surface area contributed by atoms with Crippen LogP contribution in [0.4, 0.5) is 0 Å². The number of nitrogens with zero attached hydrogens (tertiary/aromatic N) is 2. The largest absolute Gasteiger partial charge is 0.507 e. The molecule has 3 rings (SSSR count). The highest BCUT2D eigenvalue weighted by molar-refractivity contribution is 6.46. The van der Waals surface area contributed by atoms with Gasteiger partial charge in [-0.15, -0.1) is 0 Å². The second-order valence-electron chi connectivity index (χ2n) is 8.62. The van der Waals surface area contributed by atoms with Gasteiger partial charge in [-0.2, -0.15) is 0 Å². The van der Waals surface area contributed by atoms with Crippen LogP contribution in [-0.2, 0) is 9.59 Å². The van der Waals surface area contributed by atoms with Crippen LogP contribution in [0.3, 0.4) is 0 Å². The molecule has 0 spiro atoms. The van der Waals surface area contributed by atoms with Gasteiger partial charge in [0.05, 0.1) is 25.3 Å². The summed E-state index contributed by atoms with van der Waals surface area (Å²) in [6, 6.07) is 11.9. The van der Waals surface area contributed by atoms with Gasteiger partial charge < -0.3 is 24.4 Å². The van der Waals surface area contributed by atoms with Crippen molar-refractivity contribution < 1.29 is 24.2 Å². The van der Waals surface area contributed by atoms with E-state index in [0.29, 0.717) is 36.8 Å². The van der Waals surface area contributed by atoms with Crippen molar-refractivity contribution >= 4 is 17.4 Å². The van der Waals surface area contributed by atoms with Gasteiger partial charge in [-0.1, -0.05) is 32.9 Å². The zero-order valence-corrected chi connectivity index (χ0v) is 21.3. The molecule has 1 aliphatic rings. The third kappa shape index (κ3) is 5.68. The number of hydrogen-bond acceptors (Lipinski definition) is 6. The van der Waals surface area contributed by atoms with Crippen LogP contribution < -0.4 is 9.47 Å². The number of carbonyl (C=O) groups excluding carboxylic acids is 2. The van der Waals surface area contributed by atoms with E-state index in [4.69, 9.17) is 9.47 Å². The van der Waals surface area contributed by atoms with Crippen molar-refractivity contribution in [3.05, 3.63) is 64.7 Å². The molecule has 1 heterocycles. The molecule has 0 aliphatic carbocycles. The fourth-order valence-corrected chi connectivity index (χ4v) is 4.39. The fraction of sp³-hybridized carbons (Fsp3) is 0.429. The van der Waals surface area contributed by atoms with Crippen molar-refractivity contribution in [2.75, 3.05) is 39.9 Å². The summed E-state index contributed by atoms with van der Waals surface area (Å²) in [5.74, 6) is -0.0673. The number of aliphatic hydroxyl groups excluding tert-OH is 1. The van der Waals surface area contributed by atoms with Crippen LogP contribution in [0.1, 0.15) is 49.9 Å². The molecule has 2 aromatic carbocycles. The van der Waals surface area contributed by atoms with E-state index in [2.05, 4.69) is 18.7 Å². The maximum absolute atomic E-state index is 13.3. The number of aliphatic hydroxyl groups is 1. The van der Waals surface area contributed by atoms with E-state index in [1.807, 2.05) is 32.0 Å². The molecule has 0 unspecified atom stereocenters. The van der Waals surface area contributed by atoms with Gasteiger partial charge in [0.1, 0.15) is 17.3 Å². The molecular formula is C28H36N2O5. The highest BCUT2D eigenvalue weighted by Gasteiger charge is 2.46. The van der Waals surface area contributed by atoms with Gasteiger partial charge in [0, 0.05) is 18.7 Å². The van der Waals surface area contributed by atoms with Gasteiger partial charge >= 0.3 is 0 Å². The summed E-state index contributed by atoms with van der Waals surface area (Å²) in [6.45, 7) is 11.3. The summed E-state index contributed by atoms with van der Waals surface area (Å²) in [5.41, 5.74) is 2.12. The lowest BCUT2D eigenvalue weighted by molar-refractivity contribution is -0.140. The Balaban J connectivity index is 2.08. The second kappa shape index (κ2) is 11.9. The summed E-state index contributed by atoms with van der Waals surface area (Å²) in [7, 11) is 1.59. The van der Waals surface area contributed by atoms with E-state index in [9.17, 15) is 14.7 Å². The number of Topliss-reactive ketones (excluding diaryl/α,β-unsaturated/α-hetero) is 1. The van der Waals surface area contributed by atoms with Crippen molar-refractivity contribution in [2.45, 2.75) is 40.2 Å². The maximum Gasteiger partial charge on any atom is 0.295 e. The normalized spacial score (nSPS) is 17.3. The molecule has 0 radical (unpaired) electrons. The molecular weight excluding hydrogens is 444 g/mol. The standard InChI is InChI=1S/C28H36N2O5/c1-6-17-35-22-13-14-23(19(4)18-22)26(31)24-25(20-9-11-21(34-5)12-10-20)30(28(33)27(24)32)16-15-29(7-2)8-3/h9-14,18,25,31H,6-8,15-17H2,1-5H3/t25-/m0/s1. The molecule has 0 aromatic heterocycles. The van der Waals surface area contributed by atoms with Crippen LogP contribution in [-0.4, -0.2) is 66.5 Å². The van der Waals surface area contributed by atoms with Crippen molar-refractivity contribution in [2.24, 2.45) is 0 Å². The molecule has 35 heavy (non-hydrogen) atoms. The summed E-state index contributed by atoms with van der Waals surface area (Å²) in [4.78, 5) is 30.2. The van der Waals surface area contributed by atoms with Gasteiger partial charge in [0.15, 0.2) is 0 Å². The number of likely N-dealkylation sites (N-methyl/N-ethyl adjacent to an activating group) is 1. The van der Waals surface area contributed by atoms with Crippen molar-refractivity contribution in [3.63, 3.8) is 0 Å². The lowest BCUT2D eigenvalue weighted by Gasteiger charge is -2.28. The first-order valence-electron chi connectivity index (χ1n) is 12.2. The number of carbonyl (C=O) groups is 2. The average Bonchev–Trinajstić information content (AvgIpc) is 3.12. The maximum atomic E-state index is 13.3. The Morgan fingerprint density at radius 3 is 2.26 bits per heavy atom. The number of methoxy groups -OCH3 is 1. The number of benzene rings is 2. The summed E-state index contributed by atoms with van der Waals surface area (Å²) in [5, 5.41) is 11.4. The quantitative estimate of drug-likeness (QED) is 0.289. The zero-order valence-electron chi connectivity index (χ0n) is 21.3. The lowest BCUT2D eigenvalue weighted by Crippen LogP contribution is -2.38. The Morgan fingerprint density at radius 1 is 1.03 bits per heavy atom. The molecule has 1 amide bonds. The topological polar surface area (TPSA) is 79.3 Å². The van der Waals surface area contributed by atoms with Gasteiger partial charge in [-0.25, -0.2) is 0 Å². The molecule has 1 fully saturated rings. The van der Waals surface area contributed by atoms with E-state index in [0.717, 1.165) is 30.6 Å². The molecule has 1 N–H and O–H groups in total. The molecule has 1 aliphatic heterocycles. The van der Waals surface area contributed by atoms with E-state index in [1.165, 1.54) is 0 Å². The zero-order chi connectivity index (χ0) is 25.5. The minimum atomic E-state index is -0.688. The van der Waals surface area contributed by atoms with E-state index in [-0.39, 0.29) is 11.3 Å². The molecule has 7 nitrogen and oxygen atoms in total. The molecule has 188 valence electrons. The van der Waals surface area contributed by atoms with Crippen molar-refractivity contribution in [1.82, 2.24) is 9.80 Å². The van der Waals surface area contributed by atoms with E-state index in [1.54, 1.807) is 36.3 Å². The van der Waals surface area contributed by atoms with Gasteiger partial charge in [-0.3, -0.25) is 9.59 Å². The Morgan fingerprint density at radius 2 is 1.69 bits per heavy atom. The number of ether oxygens (including phenoxy) is 2. The number of ketones is 1. The first-order chi connectivity index (χ1) is 16.9. The molecule has 0 saturated carbocycles. The third-order valence-corrected chi connectivity index (χ3v) is 6.45. The molecule has 0 bridgehead atoms. The number of rotatable bonds is 11. The molecule has 2 aromatic rings. The number of amides is 1. The number of likely N-dealkylation sites (tertiary alicyclic amines) is 1. The minimum Gasteiger partial charge on any atom is -0.507 e. The highest BCUT2D eigenvalue weighted by Crippen LogP contribution is 2.40. The van der Waals surface area contributed by atoms with E-state index >= 15 is 0 Å². The average molecular weight is 481 g/mol. The van der Waals surface area contributed by atoms with Crippen LogP contribution in [0.5, 0.6) is 11.5 Å². The monoisotopic (exact) mass is 480 g/mol. The molecule has 1 saturated heterocycles. The number of aryl methyl sites for hydroxylation is 1. The Hall–Kier alpha value is -3.32. The molecule has 1 atom stereocenters. The van der Waals surface area contributed by atoms with Crippen molar-refractivity contribution in [1.29, 1.82) is 0 Å². The van der Waals surface area contributed by atoms with Crippen LogP contribution >= 0.6 is 0 Å². The SMILES string of the molecule is CCCOc1ccc(C(O)=C2C(=O)C(=O)N(CCN(CC)CC)[C@H]2c2ccc(OC)cc2)c(C)c1. The van der Waals surface area contributed by atoms with Crippen molar-refractivity contribution in [3.8, 4) is 11.5 Å². The first kappa shape index (κ1) is 26.3. The minimum absolute atomic E-state index is 0.102. The third-order valence-electron chi connectivity index (χ3n) is 6.45. The Labute approximate surface area is 207 Å². The summed E-state index contributed by atoms with van der Waals surface area (Å²) >= 11 is 0. The van der Waals surface area contributed by atoms with Gasteiger partial charge in [-0.05, 0) is 67.9 Å². The predicted molar refractivity (Wildman–Crippen MR) is 137 cm³/mol. The van der Waals surface area contributed by atoms with E-state index < -0.39 is 17.7 Å². The highest BCUT2D eigenvalue weighted by atomic mass is 16.5. The van der Waals surface area contributed by atoms with Gasteiger partial charge in [0.2, 0.25) is 0 Å². The first-order valence-corrected chi connectivity index (χ1v) is 12.2. The second-order valence-corrected chi connectivity index (χ2v) is 8.62. The summed E-state index contributed by atoms with van der Waals surface area (Å²) in [6.07, 6.45) is 0.888. The van der Waals surface area contributed by atoms with Crippen LogP contribution in [0, 0.1) is 6.92 Å². The summed E-state index contributed by atoms with van der Waals surface area (Å²) < 4.78 is 11.0. The van der Waals surface area contributed by atoms with Gasteiger partial charge in [0.25, 0.3) is 11.7 Å².